The van der Waals surface area contributed by atoms with Gasteiger partial charge in [-0.15, -0.1) is 0 Å². The molecule has 158 valence electrons. The SMILES string of the molecule is CCO[C@@]1(COCc2ccccc2)OC(=O)C[C@H]1N1C(=O)OC[C@H]1c1ccccc1. The Morgan fingerprint density at radius 1 is 1.07 bits per heavy atom. The second-order valence-electron chi connectivity index (χ2n) is 7.33. The minimum absolute atomic E-state index is 0.0113. The van der Waals surface area contributed by atoms with E-state index in [0.29, 0.717) is 13.2 Å². The van der Waals surface area contributed by atoms with Crippen molar-refractivity contribution in [1.82, 2.24) is 4.90 Å². The molecule has 2 saturated heterocycles. The van der Waals surface area contributed by atoms with Gasteiger partial charge >= 0.3 is 12.1 Å². The second-order valence-corrected chi connectivity index (χ2v) is 7.33. The molecule has 2 fully saturated rings. The fraction of sp³-hybridized carbons (Fsp3) is 0.391. The van der Waals surface area contributed by atoms with E-state index in [9.17, 15) is 9.59 Å². The highest BCUT2D eigenvalue weighted by Crippen LogP contribution is 2.40. The van der Waals surface area contributed by atoms with Crippen LogP contribution in [-0.2, 0) is 30.3 Å². The van der Waals surface area contributed by atoms with Crippen molar-refractivity contribution in [3.63, 3.8) is 0 Å². The number of amides is 1. The van der Waals surface area contributed by atoms with Crippen LogP contribution in [0.4, 0.5) is 4.79 Å². The Balaban J connectivity index is 1.58. The maximum Gasteiger partial charge on any atom is 0.410 e. The summed E-state index contributed by atoms with van der Waals surface area (Å²) in [6, 6.07) is 18.3. The molecule has 2 aliphatic rings. The fourth-order valence-corrected chi connectivity index (χ4v) is 4.06. The van der Waals surface area contributed by atoms with Gasteiger partial charge in [-0.25, -0.2) is 4.79 Å². The number of nitrogens with zero attached hydrogens (tertiary/aromatic N) is 1. The van der Waals surface area contributed by atoms with Crippen molar-refractivity contribution in [2.45, 2.75) is 37.8 Å². The van der Waals surface area contributed by atoms with Crippen molar-refractivity contribution >= 4 is 12.1 Å². The van der Waals surface area contributed by atoms with Crippen molar-refractivity contribution in [3.05, 3.63) is 71.8 Å². The fourth-order valence-electron chi connectivity index (χ4n) is 4.06. The Morgan fingerprint density at radius 2 is 1.77 bits per heavy atom. The normalized spacial score (nSPS) is 26.0. The first kappa shape index (κ1) is 20.4. The summed E-state index contributed by atoms with van der Waals surface area (Å²) in [5.41, 5.74) is 1.92. The van der Waals surface area contributed by atoms with Crippen LogP contribution in [0.1, 0.15) is 30.5 Å². The van der Waals surface area contributed by atoms with Gasteiger partial charge < -0.3 is 18.9 Å². The average molecular weight is 411 g/mol. The van der Waals surface area contributed by atoms with Crippen molar-refractivity contribution in [1.29, 1.82) is 0 Å². The highest BCUT2D eigenvalue weighted by Gasteiger charge is 2.58. The molecular formula is C23H25NO6. The predicted octanol–water partition coefficient (Wildman–Crippen LogP) is 3.45. The maximum atomic E-state index is 12.7. The van der Waals surface area contributed by atoms with Crippen molar-refractivity contribution in [2.24, 2.45) is 0 Å². The summed E-state index contributed by atoms with van der Waals surface area (Å²) < 4.78 is 22.8. The molecule has 0 radical (unpaired) electrons. The Kier molecular flexibility index (Phi) is 6.01. The standard InChI is InChI=1S/C23H25NO6/c1-2-29-23(16-27-14-17-9-5-3-6-10-17)20(13-21(25)30-23)24-19(15-28-22(24)26)18-11-7-4-8-12-18/h3-12,19-20H,2,13-16H2,1H3/t19-,20+,23-/m0/s1. The van der Waals surface area contributed by atoms with E-state index in [-0.39, 0.29) is 25.7 Å². The van der Waals surface area contributed by atoms with Gasteiger partial charge in [0, 0.05) is 6.61 Å². The molecule has 3 atom stereocenters. The molecule has 2 aromatic carbocycles. The van der Waals surface area contributed by atoms with Gasteiger partial charge in [-0.05, 0) is 18.1 Å². The Morgan fingerprint density at radius 3 is 2.47 bits per heavy atom. The van der Waals surface area contributed by atoms with Crippen LogP contribution in [0.25, 0.3) is 0 Å². The van der Waals surface area contributed by atoms with Gasteiger partial charge in [0.15, 0.2) is 0 Å². The lowest BCUT2D eigenvalue weighted by atomic mass is 10.00. The van der Waals surface area contributed by atoms with Crippen LogP contribution in [0.5, 0.6) is 0 Å². The monoisotopic (exact) mass is 411 g/mol. The number of rotatable bonds is 8. The van der Waals surface area contributed by atoms with E-state index >= 15 is 0 Å². The summed E-state index contributed by atoms with van der Waals surface area (Å²) in [5.74, 6) is -1.81. The van der Waals surface area contributed by atoms with E-state index < -0.39 is 23.9 Å². The van der Waals surface area contributed by atoms with Crippen LogP contribution in [0, 0.1) is 0 Å². The number of hydrogen-bond acceptors (Lipinski definition) is 6. The summed E-state index contributed by atoms with van der Waals surface area (Å²) >= 11 is 0. The molecule has 7 heteroatoms. The smallest absolute Gasteiger partial charge is 0.410 e. The summed E-state index contributed by atoms with van der Waals surface area (Å²) in [6.07, 6.45) is -0.466. The van der Waals surface area contributed by atoms with Crippen LogP contribution in [0.15, 0.2) is 60.7 Å². The van der Waals surface area contributed by atoms with Gasteiger partial charge in [-0.3, -0.25) is 9.69 Å². The maximum absolute atomic E-state index is 12.7. The third-order valence-corrected chi connectivity index (χ3v) is 5.39. The Labute approximate surface area is 175 Å². The first-order valence-corrected chi connectivity index (χ1v) is 10.1. The van der Waals surface area contributed by atoms with Gasteiger partial charge in [-0.2, -0.15) is 0 Å². The van der Waals surface area contributed by atoms with E-state index in [4.69, 9.17) is 18.9 Å². The zero-order valence-corrected chi connectivity index (χ0v) is 16.9. The highest BCUT2D eigenvalue weighted by molar-refractivity contribution is 5.77. The number of carbonyl (C=O) groups excluding carboxylic acids is 2. The van der Waals surface area contributed by atoms with Crippen molar-refractivity contribution in [2.75, 3.05) is 19.8 Å². The van der Waals surface area contributed by atoms with Crippen LogP contribution in [0.2, 0.25) is 0 Å². The first-order chi connectivity index (χ1) is 14.6. The van der Waals surface area contributed by atoms with E-state index in [1.54, 1.807) is 4.90 Å². The zero-order valence-electron chi connectivity index (χ0n) is 16.9. The number of ether oxygens (including phenoxy) is 4. The largest absolute Gasteiger partial charge is 0.447 e. The molecule has 1 amide bonds. The molecule has 0 saturated carbocycles. The molecule has 2 aromatic rings. The second kappa shape index (κ2) is 8.85. The van der Waals surface area contributed by atoms with E-state index in [0.717, 1.165) is 11.1 Å². The molecule has 0 bridgehead atoms. The minimum atomic E-state index is -1.38. The zero-order chi connectivity index (χ0) is 21.0. The predicted molar refractivity (Wildman–Crippen MR) is 107 cm³/mol. The van der Waals surface area contributed by atoms with E-state index in [2.05, 4.69) is 0 Å². The lowest BCUT2D eigenvalue weighted by Crippen LogP contribution is -2.55. The average Bonchev–Trinajstić information content (AvgIpc) is 3.29. The topological polar surface area (TPSA) is 74.3 Å². The van der Waals surface area contributed by atoms with Gasteiger partial charge in [0.1, 0.15) is 19.3 Å². The number of cyclic esters (lactones) is 2. The Bertz CT molecular complexity index is 874. The molecule has 0 aromatic heterocycles. The van der Waals surface area contributed by atoms with Gasteiger partial charge in [0.2, 0.25) is 0 Å². The van der Waals surface area contributed by atoms with Crippen LogP contribution in [-0.4, -0.2) is 48.6 Å². The van der Waals surface area contributed by atoms with E-state index in [1.165, 1.54) is 0 Å². The number of esters is 1. The third kappa shape index (κ3) is 4.04. The molecule has 2 heterocycles. The lowest BCUT2D eigenvalue weighted by molar-refractivity contribution is -0.251. The van der Waals surface area contributed by atoms with Crippen molar-refractivity contribution in [3.8, 4) is 0 Å². The molecular weight excluding hydrogens is 386 g/mol. The number of benzene rings is 2. The molecule has 0 spiro atoms. The van der Waals surface area contributed by atoms with Crippen LogP contribution < -0.4 is 0 Å². The van der Waals surface area contributed by atoms with Gasteiger partial charge in [0.05, 0.1) is 19.1 Å². The lowest BCUT2D eigenvalue weighted by Gasteiger charge is -2.38. The summed E-state index contributed by atoms with van der Waals surface area (Å²) in [5, 5.41) is 0. The number of hydrogen-bond donors (Lipinski definition) is 0. The van der Waals surface area contributed by atoms with Crippen molar-refractivity contribution < 1.29 is 28.5 Å². The summed E-state index contributed by atoms with van der Waals surface area (Å²) in [7, 11) is 0. The van der Waals surface area contributed by atoms with Gasteiger partial charge in [0.25, 0.3) is 5.79 Å². The Hall–Kier alpha value is -2.90. The summed E-state index contributed by atoms with van der Waals surface area (Å²) in [4.78, 5) is 26.6. The molecule has 0 unspecified atom stereocenters. The molecule has 0 N–H and O–H groups in total. The molecule has 2 aliphatic heterocycles. The van der Waals surface area contributed by atoms with Crippen LogP contribution in [0.3, 0.4) is 0 Å². The molecule has 4 rings (SSSR count). The van der Waals surface area contributed by atoms with Gasteiger partial charge in [-0.1, -0.05) is 60.7 Å². The van der Waals surface area contributed by atoms with E-state index in [1.807, 2.05) is 67.6 Å². The van der Waals surface area contributed by atoms with Crippen LogP contribution >= 0.6 is 0 Å². The highest BCUT2D eigenvalue weighted by atomic mass is 16.7. The summed E-state index contributed by atoms with van der Waals surface area (Å²) in [6.45, 7) is 2.68. The molecule has 7 nitrogen and oxygen atoms in total. The third-order valence-electron chi connectivity index (χ3n) is 5.39. The quantitative estimate of drug-likeness (QED) is 0.620. The minimum Gasteiger partial charge on any atom is -0.447 e. The number of carbonyl (C=O) groups is 2. The molecule has 0 aliphatic carbocycles. The first-order valence-electron chi connectivity index (χ1n) is 10.1. The molecule has 30 heavy (non-hydrogen) atoms.